The van der Waals surface area contributed by atoms with E-state index in [1.807, 2.05) is 0 Å². The van der Waals surface area contributed by atoms with Gasteiger partial charge in [0, 0.05) is 17.7 Å². The fourth-order valence-electron chi connectivity index (χ4n) is 2.54. The molecule has 3 N–H and O–H groups in total. The van der Waals surface area contributed by atoms with E-state index in [0.717, 1.165) is 31.0 Å². The highest BCUT2D eigenvalue weighted by molar-refractivity contribution is 7.92. The van der Waals surface area contributed by atoms with Crippen molar-refractivity contribution < 1.29 is 26.9 Å². The Bertz CT molecular complexity index is 1160. The van der Waals surface area contributed by atoms with Crippen LogP contribution in [0.2, 0.25) is 0 Å². The summed E-state index contributed by atoms with van der Waals surface area (Å²) in [5, 5.41) is 21.0. The average Bonchev–Trinajstić information content (AvgIpc) is 3.39. The maximum Gasteiger partial charge on any atom is 0.273 e. The van der Waals surface area contributed by atoms with Crippen molar-refractivity contribution in [2.24, 2.45) is 0 Å². The molecule has 3 rings (SSSR count). The number of nitrogens with one attached hydrogen (secondary N) is 2. The Balaban J connectivity index is 1.98. The van der Waals surface area contributed by atoms with Crippen LogP contribution < -0.4 is 9.44 Å². The zero-order chi connectivity index (χ0) is 20.7. The van der Waals surface area contributed by atoms with Crippen LogP contribution in [0.5, 0.6) is 5.75 Å². The molecule has 0 bridgehead atoms. The van der Waals surface area contributed by atoms with E-state index in [0.29, 0.717) is 0 Å². The van der Waals surface area contributed by atoms with Gasteiger partial charge in [-0.15, -0.1) is 0 Å². The van der Waals surface area contributed by atoms with Crippen LogP contribution in [0.25, 0.3) is 0 Å². The van der Waals surface area contributed by atoms with Crippen molar-refractivity contribution in [3.05, 3.63) is 52.1 Å². The lowest BCUT2D eigenvalue weighted by Gasteiger charge is -2.13. The maximum atomic E-state index is 12.7. The largest absolute Gasteiger partial charge is 0.506 e. The van der Waals surface area contributed by atoms with Gasteiger partial charge in [-0.2, -0.15) is 0 Å². The Kier molecular flexibility index (Phi) is 5.04. The summed E-state index contributed by atoms with van der Waals surface area (Å²) in [4.78, 5) is 9.76. The van der Waals surface area contributed by atoms with E-state index in [-0.39, 0.29) is 32.8 Å². The fraction of sp³-hybridized carbons (Fsp3) is 0.250. The summed E-state index contributed by atoms with van der Waals surface area (Å²) in [6, 6.07) is 6.62. The van der Waals surface area contributed by atoms with Crippen molar-refractivity contribution >= 4 is 31.4 Å². The zero-order valence-corrected chi connectivity index (χ0v) is 16.2. The summed E-state index contributed by atoms with van der Waals surface area (Å²) >= 11 is 0. The minimum Gasteiger partial charge on any atom is -0.506 e. The van der Waals surface area contributed by atoms with Gasteiger partial charge in [0.15, 0.2) is 0 Å². The number of aromatic hydroxyl groups is 1. The van der Waals surface area contributed by atoms with Crippen molar-refractivity contribution in [1.82, 2.24) is 4.72 Å². The van der Waals surface area contributed by atoms with Gasteiger partial charge in [0.05, 0.1) is 20.4 Å². The number of benzene rings is 2. The van der Waals surface area contributed by atoms with Gasteiger partial charge < -0.3 is 5.11 Å². The fourth-order valence-corrected chi connectivity index (χ4v) is 5.20. The molecule has 2 aromatic carbocycles. The minimum absolute atomic E-state index is 0.0846. The highest BCUT2D eigenvalue weighted by atomic mass is 32.2. The summed E-state index contributed by atoms with van der Waals surface area (Å²) in [5.74, 6) is -0.489. The van der Waals surface area contributed by atoms with E-state index in [4.69, 9.17) is 0 Å². The molecule has 1 aliphatic carbocycles. The van der Waals surface area contributed by atoms with Crippen LogP contribution >= 0.6 is 0 Å². The Morgan fingerprint density at radius 2 is 1.79 bits per heavy atom. The molecule has 0 atom stereocenters. The second kappa shape index (κ2) is 7.04. The van der Waals surface area contributed by atoms with E-state index in [1.54, 1.807) is 0 Å². The molecule has 0 amide bonds. The first-order chi connectivity index (χ1) is 13.0. The van der Waals surface area contributed by atoms with Crippen molar-refractivity contribution in [2.45, 2.75) is 35.6 Å². The Hall–Kier alpha value is -2.70. The SMILES string of the molecule is Cc1c([N+](=O)[O-])cccc1S(=O)(=O)Nc1cc(S(=O)(=O)NC2CC2)ccc1O. The second-order valence-electron chi connectivity index (χ2n) is 6.34. The molecular formula is C16H17N3O7S2. The van der Waals surface area contributed by atoms with Gasteiger partial charge in [-0.3, -0.25) is 14.8 Å². The molecule has 0 unspecified atom stereocenters. The Morgan fingerprint density at radius 3 is 2.39 bits per heavy atom. The van der Waals surface area contributed by atoms with Crippen molar-refractivity contribution in [1.29, 1.82) is 0 Å². The zero-order valence-electron chi connectivity index (χ0n) is 14.6. The second-order valence-corrected chi connectivity index (χ2v) is 9.70. The average molecular weight is 427 g/mol. The number of sulfonamides is 2. The summed E-state index contributed by atoms with van der Waals surface area (Å²) < 4.78 is 54.6. The number of phenols is 1. The molecule has 0 radical (unpaired) electrons. The topological polar surface area (TPSA) is 156 Å². The summed E-state index contributed by atoms with van der Waals surface area (Å²) in [6.07, 6.45) is 1.45. The predicted octanol–water partition coefficient (Wildman–Crippen LogP) is 1.85. The molecule has 0 spiro atoms. The van der Waals surface area contributed by atoms with E-state index in [1.165, 1.54) is 25.1 Å². The Morgan fingerprint density at radius 1 is 1.11 bits per heavy atom. The smallest absolute Gasteiger partial charge is 0.273 e. The van der Waals surface area contributed by atoms with Crippen LogP contribution in [0.4, 0.5) is 11.4 Å². The molecule has 150 valence electrons. The maximum absolute atomic E-state index is 12.7. The van der Waals surface area contributed by atoms with E-state index < -0.39 is 30.7 Å². The van der Waals surface area contributed by atoms with Crippen LogP contribution in [-0.2, 0) is 20.0 Å². The standard InChI is InChI=1S/C16H17N3O7S2/c1-10-14(19(21)22)3-2-4-16(10)28(25,26)18-13-9-12(7-8-15(13)20)27(23,24)17-11-5-6-11/h2-4,7-9,11,17-18,20H,5-6H2,1H3. The van der Waals surface area contributed by atoms with Gasteiger partial charge in [-0.05, 0) is 44.0 Å². The molecule has 0 saturated heterocycles. The molecule has 10 nitrogen and oxygen atoms in total. The third-order valence-corrected chi connectivity index (χ3v) is 7.19. The molecule has 1 aliphatic rings. The predicted molar refractivity (Wildman–Crippen MR) is 100 cm³/mol. The summed E-state index contributed by atoms with van der Waals surface area (Å²) in [5.41, 5.74) is -0.819. The number of rotatable bonds is 7. The van der Waals surface area contributed by atoms with E-state index in [9.17, 15) is 32.1 Å². The summed E-state index contributed by atoms with van der Waals surface area (Å²) in [7, 11) is -8.19. The van der Waals surface area contributed by atoms with Crippen molar-refractivity contribution in [3.8, 4) is 5.75 Å². The lowest BCUT2D eigenvalue weighted by Crippen LogP contribution is -2.25. The lowest BCUT2D eigenvalue weighted by molar-refractivity contribution is -0.385. The van der Waals surface area contributed by atoms with Crippen LogP contribution in [0, 0.1) is 17.0 Å². The van der Waals surface area contributed by atoms with Crippen LogP contribution in [0.3, 0.4) is 0 Å². The van der Waals surface area contributed by atoms with Crippen LogP contribution in [0.15, 0.2) is 46.2 Å². The number of nitrogens with zero attached hydrogens (tertiary/aromatic N) is 1. The highest BCUT2D eigenvalue weighted by Crippen LogP contribution is 2.32. The number of nitro benzene ring substituents is 1. The molecule has 12 heteroatoms. The molecule has 0 heterocycles. The van der Waals surface area contributed by atoms with Crippen LogP contribution in [0.1, 0.15) is 18.4 Å². The normalized spacial score (nSPS) is 14.6. The number of phenolic OH excluding ortho intramolecular Hbond substituents is 1. The molecule has 2 aromatic rings. The van der Waals surface area contributed by atoms with Gasteiger partial charge >= 0.3 is 0 Å². The van der Waals surface area contributed by atoms with Crippen molar-refractivity contribution in [3.63, 3.8) is 0 Å². The summed E-state index contributed by atoms with van der Waals surface area (Å²) in [6.45, 7) is 1.28. The molecule has 0 aromatic heterocycles. The third-order valence-electron chi connectivity index (χ3n) is 4.16. The number of hydrogen-bond acceptors (Lipinski definition) is 7. The monoisotopic (exact) mass is 427 g/mol. The van der Waals surface area contributed by atoms with Gasteiger partial charge in [0.25, 0.3) is 15.7 Å². The van der Waals surface area contributed by atoms with E-state index >= 15 is 0 Å². The minimum atomic E-state index is -4.33. The molecule has 1 saturated carbocycles. The first-order valence-electron chi connectivity index (χ1n) is 8.13. The molecule has 1 fully saturated rings. The van der Waals surface area contributed by atoms with Gasteiger partial charge in [-0.25, -0.2) is 21.6 Å². The third kappa shape index (κ3) is 4.08. The number of anilines is 1. The first-order valence-corrected chi connectivity index (χ1v) is 11.1. The molecule has 0 aliphatic heterocycles. The van der Waals surface area contributed by atoms with E-state index in [2.05, 4.69) is 9.44 Å². The van der Waals surface area contributed by atoms with Gasteiger partial charge in [-0.1, -0.05) is 6.07 Å². The number of nitro groups is 1. The van der Waals surface area contributed by atoms with Gasteiger partial charge in [0.1, 0.15) is 5.75 Å². The van der Waals surface area contributed by atoms with Gasteiger partial charge in [0.2, 0.25) is 10.0 Å². The Labute approximate surface area is 161 Å². The molecule has 28 heavy (non-hydrogen) atoms. The van der Waals surface area contributed by atoms with Crippen molar-refractivity contribution in [2.75, 3.05) is 4.72 Å². The lowest BCUT2D eigenvalue weighted by atomic mass is 10.2. The first kappa shape index (κ1) is 20.0. The molecular weight excluding hydrogens is 410 g/mol. The number of hydrogen-bond donors (Lipinski definition) is 3. The van der Waals surface area contributed by atoms with Crippen LogP contribution in [-0.4, -0.2) is 32.9 Å². The highest BCUT2D eigenvalue weighted by Gasteiger charge is 2.29. The quantitative estimate of drug-likeness (QED) is 0.346.